The van der Waals surface area contributed by atoms with Crippen LogP contribution in [0, 0.1) is 0 Å². The Bertz CT molecular complexity index is 328. The minimum Gasteiger partial charge on any atom is -0.507 e. The molecule has 0 aromatic heterocycles. The molecule has 0 unspecified atom stereocenters. The van der Waals surface area contributed by atoms with Gasteiger partial charge < -0.3 is 9.84 Å². The fraction of sp³-hybridized carbons (Fsp3) is 0.182. The van der Waals surface area contributed by atoms with Crippen LogP contribution in [-0.2, 0) is 9.53 Å². The fourth-order valence-electron chi connectivity index (χ4n) is 0.988. The predicted molar refractivity (Wildman–Crippen MR) is 53.7 cm³/mol. The molecule has 0 saturated carbocycles. The third kappa shape index (κ3) is 2.94. The molecule has 0 atom stereocenters. The number of ether oxygens (including phenoxy) is 1. The van der Waals surface area contributed by atoms with Crippen LogP contribution in [0.4, 0.5) is 0 Å². The molecule has 3 nitrogen and oxygen atoms in total. The first-order valence-electron chi connectivity index (χ1n) is 4.37. The van der Waals surface area contributed by atoms with Gasteiger partial charge in [-0.15, -0.1) is 0 Å². The summed E-state index contributed by atoms with van der Waals surface area (Å²) in [6.07, 6.45) is 1.07. The minimum absolute atomic E-state index is 0.0796. The summed E-state index contributed by atoms with van der Waals surface area (Å²) in [6, 6.07) is 8.83. The van der Waals surface area contributed by atoms with Gasteiger partial charge in [-0.1, -0.05) is 30.3 Å². The van der Waals surface area contributed by atoms with Crippen molar-refractivity contribution in [2.75, 3.05) is 6.61 Å². The zero-order chi connectivity index (χ0) is 10.4. The molecular formula is C11H12O3. The molecule has 1 aromatic carbocycles. The largest absolute Gasteiger partial charge is 0.507 e. The Kier molecular flexibility index (Phi) is 3.73. The highest BCUT2D eigenvalue weighted by atomic mass is 16.5. The summed E-state index contributed by atoms with van der Waals surface area (Å²) in [5.74, 6) is -0.613. The van der Waals surface area contributed by atoms with Crippen molar-refractivity contribution >= 4 is 11.7 Å². The van der Waals surface area contributed by atoms with E-state index in [-0.39, 0.29) is 5.76 Å². The smallest absolute Gasteiger partial charge is 0.334 e. The van der Waals surface area contributed by atoms with Gasteiger partial charge in [-0.05, 0) is 6.92 Å². The number of rotatable bonds is 3. The monoisotopic (exact) mass is 192 g/mol. The summed E-state index contributed by atoms with van der Waals surface area (Å²) in [7, 11) is 0. The van der Waals surface area contributed by atoms with E-state index in [1.807, 2.05) is 6.07 Å². The van der Waals surface area contributed by atoms with Crippen molar-refractivity contribution in [3.8, 4) is 0 Å². The Morgan fingerprint density at radius 3 is 2.64 bits per heavy atom. The summed E-state index contributed by atoms with van der Waals surface area (Å²) in [6.45, 7) is 2.02. The second kappa shape index (κ2) is 5.07. The molecule has 0 aliphatic heterocycles. The van der Waals surface area contributed by atoms with Crippen LogP contribution in [0.3, 0.4) is 0 Å². The molecule has 0 radical (unpaired) electrons. The van der Waals surface area contributed by atoms with Gasteiger partial charge in [0.05, 0.1) is 12.7 Å². The lowest BCUT2D eigenvalue weighted by Crippen LogP contribution is -2.00. The molecule has 3 heteroatoms. The number of hydrogen-bond donors (Lipinski definition) is 1. The summed E-state index contributed by atoms with van der Waals surface area (Å²) >= 11 is 0. The van der Waals surface area contributed by atoms with E-state index in [9.17, 15) is 9.90 Å². The normalized spacial score (nSPS) is 11.1. The van der Waals surface area contributed by atoms with Gasteiger partial charge in [0.25, 0.3) is 0 Å². The van der Waals surface area contributed by atoms with Gasteiger partial charge >= 0.3 is 5.97 Å². The summed E-state index contributed by atoms with van der Waals surface area (Å²) in [5.41, 5.74) is 0.598. The van der Waals surface area contributed by atoms with Crippen LogP contribution in [0.25, 0.3) is 5.76 Å². The van der Waals surface area contributed by atoms with E-state index in [0.29, 0.717) is 12.2 Å². The topological polar surface area (TPSA) is 46.5 Å². The van der Waals surface area contributed by atoms with Gasteiger partial charge in [0.1, 0.15) is 5.76 Å². The first-order chi connectivity index (χ1) is 6.74. The van der Waals surface area contributed by atoms with Crippen molar-refractivity contribution in [2.45, 2.75) is 6.92 Å². The van der Waals surface area contributed by atoms with Gasteiger partial charge in [-0.3, -0.25) is 0 Å². The minimum atomic E-state index is -0.533. The van der Waals surface area contributed by atoms with Crippen molar-refractivity contribution < 1.29 is 14.6 Å². The van der Waals surface area contributed by atoms with Crippen molar-refractivity contribution in [1.82, 2.24) is 0 Å². The molecule has 0 heterocycles. The zero-order valence-electron chi connectivity index (χ0n) is 7.93. The number of carbonyl (C=O) groups is 1. The molecule has 0 amide bonds. The number of esters is 1. The Morgan fingerprint density at radius 1 is 1.43 bits per heavy atom. The van der Waals surface area contributed by atoms with Crippen LogP contribution in [0.15, 0.2) is 36.4 Å². The van der Waals surface area contributed by atoms with Crippen LogP contribution in [0.5, 0.6) is 0 Å². The first kappa shape index (κ1) is 10.3. The number of benzene rings is 1. The van der Waals surface area contributed by atoms with Crippen LogP contribution >= 0.6 is 0 Å². The van der Waals surface area contributed by atoms with Gasteiger partial charge in [0.15, 0.2) is 0 Å². The van der Waals surface area contributed by atoms with Crippen molar-refractivity contribution in [3.63, 3.8) is 0 Å². The molecule has 14 heavy (non-hydrogen) atoms. The van der Waals surface area contributed by atoms with E-state index in [1.165, 1.54) is 0 Å². The maximum absolute atomic E-state index is 11.0. The molecule has 0 aliphatic carbocycles. The second-order valence-electron chi connectivity index (χ2n) is 2.65. The van der Waals surface area contributed by atoms with E-state index in [2.05, 4.69) is 4.74 Å². The predicted octanol–water partition coefficient (Wildman–Crippen LogP) is 2.15. The number of hydrogen-bond acceptors (Lipinski definition) is 3. The van der Waals surface area contributed by atoms with Crippen LogP contribution in [-0.4, -0.2) is 17.7 Å². The first-order valence-corrected chi connectivity index (χ1v) is 4.37. The molecule has 74 valence electrons. The van der Waals surface area contributed by atoms with E-state index in [0.717, 1.165) is 6.08 Å². The maximum atomic E-state index is 11.0. The Morgan fingerprint density at radius 2 is 2.07 bits per heavy atom. The van der Waals surface area contributed by atoms with E-state index in [1.54, 1.807) is 31.2 Å². The lowest BCUT2D eigenvalue weighted by molar-refractivity contribution is -0.137. The van der Waals surface area contributed by atoms with Gasteiger partial charge in [0, 0.05) is 5.56 Å². The van der Waals surface area contributed by atoms with E-state index >= 15 is 0 Å². The molecular weight excluding hydrogens is 180 g/mol. The standard InChI is InChI=1S/C11H12O3/c1-2-14-11(13)8-10(12)9-6-4-3-5-7-9/h3-8,12H,2H2,1H3/b10-8-. The number of carbonyl (C=O) groups excluding carboxylic acids is 1. The van der Waals surface area contributed by atoms with Crippen LogP contribution in [0.2, 0.25) is 0 Å². The molecule has 0 aliphatic rings. The molecule has 0 fully saturated rings. The molecule has 1 aromatic rings. The third-order valence-electron chi connectivity index (χ3n) is 1.61. The van der Waals surface area contributed by atoms with Crippen molar-refractivity contribution in [2.24, 2.45) is 0 Å². The zero-order valence-corrected chi connectivity index (χ0v) is 7.93. The highest BCUT2D eigenvalue weighted by Gasteiger charge is 2.02. The second-order valence-corrected chi connectivity index (χ2v) is 2.65. The molecule has 0 spiro atoms. The van der Waals surface area contributed by atoms with E-state index in [4.69, 9.17) is 0 Å². The SMILES string of the molecule is CCOC(=O)/C=C(\O)c1ccccc1. The molecule has 0 saturated heterocycles. The van der Waals surface area contributed by atoms with Gasteiger partial charge in [-0.25, -0.2) is 4.79 Å². The highest BCUT2D eigenvalue weighted by Crippen LogP contribution is 2.09. The molecule has 1 N–H and O–H groups in total. The Hall–Kier alpha value is -1.77. The maximum Gasteiger partial charge on any atom is 0.334 e. The van der Waals surface area contributed by atoms with Crippen LogP contribution < -0.4 is 0 Å². The quantitative estimate of drug-likeness (QED) is 0.453. The average Bonchev–Trinajstić information content (AvgIpc) is 2.19. The molecule has 1 rings (SSSR count). The molecule has 0 bridgehead atoms. The van der Waals surface area contributed by atoms with Gasteiger partial charge in [0.2, 0.25) is 0 Å². The summed E-state index contributed by atoms with van der Waals surface area (Å²) in [5, 5.41) is 9.48. The van der Waals surface area contributed by atoms with Crippen molar-refractivity contribution in [1.29, 1.82) is 0 Å². The summed E-state index contributed by atoms with van der Waals surface area (Å²) in [4.78, 5) is 11.0. The Balaban J connectivity index is 2.75. The summed E-state index contributed by atoms with van der Waals surface area (Å²) < 4.78 is 4.66. The Labute approximate surface area is 82.6 Å². The number of aliphatic hydroxyl groups excluding tert-OH is 1. The van der Waals surface area contributed by atoms with E-state index < -0.39 is 5.97 Å². The number of aliphatic hydroxyl groups is 1. The van der Waals surface area contributed by atoms with Crippen molar-refractivity contribution in [3.05, 3.63) is 42.0 Å². The van der Waals surface area contributed by atoms with Gasteiger partial charge in [-0.2, -0.15) is 0 Å². The third-order valence-corrected chi connectivity index (χ3v) is 1.61. The average molecular weight is 192 g/mol. The fourth-order valence-corrected chi connectivity index (χ4v) is 0.988. The lowest BCUT2D eigenvalue weighted by Gasteiger charge is -1.99. The highest BCUT2D eigenvalue weighted by molar-refractivity contribution is 5.89. The lowest BCUT2D eigenvalue weighted by atomic mass is 10.2. The van der Waals surface area contributed by atoms with Crippen LogP contribution in [0.1, 0.15) is 12.5 Å².